The molecule has 2 fully saturated rings. The first-order valence-corrected chi connectivity index (χ1v) is 20.5. The van der Waals surface area contributed by atoms with E-state index in [0.717, 1.165) is 56.2 Å². The van der Waals surface area contributed by atoms with Gasteiger partial charge in [-0.15, -0.1) is 11.3 Å². The molecule has 7 rings (SSSR count). The van der Waals surface area contributed by atoms with Crippen LogP contribution in [0, 0.1) is 11.3 Å². The molecule has 3 aliphatic rings. The van der Waals surface area contributed by atoms with Crippen molar-refractivity contribution >= 4 is 40.0 Å². The van der Waals surface area contributed by atoms with Crippen LogP contribution in [-0.4, -0.2) is 81.9 Å². The Morgan fingerprint density at radius 1 is 1.18 bits per heavy atom. The number of benzene rings is 1. The molecule has 6 atom stereocenters. The summed E-state index contributed by atoms with van der Waals surface area (Å²) in [5.41, 5.74) is 9.64. The fraction of sp³-hybridized carbons (Fsp3) is 0.548. The second kappa shape index (κ2) is 16.1. The molecule has 2 amide bonds. The van der Waals surface area contributed by atoms with Gasteiger partial charge in [0.1, 0.15) is 12.1 Å². The first-order chi connectivity index (χ1) is 26.3. The summed E-state index contributed by atoms with van der Waals surface area (Å²) in [6.45, 7) is 13.7. The van der Waals surface area contributed by atoms with Gasteiger partial charge in [-0.3, -0.25) is 24.4 Å². The van der Waals surface area contributed by atoms with Crippen molar-refractivity contribution in [1.29, 1.82) is 0 Å². The van der Waals surface area contributed by atoms with E-state index in [1.54, 1.807) is 13.3 Å². The minimum atomic E-state index is -0.876. The molecular weight excluding hydrogens is 717 g/mol. The SMILES string of the molecule is CCn1c(-c2cccnc2[C@H](C)OC)c2c3cc(ccc31)-c1csc(n1)C[C@H](NC(=O)C1C[C@@H](C)O[C@@H](C)C1)C(=O)N1CCC[C@H](N1)C(=O)OCC(C)(C)C2. The van der Waals surface area contributed by atoms with E-state index in [2.05, 4.69) is 60.3 Å². The number of hydrogen-bond acceptors (Lipinski definition) is 10. The minimum absolute atomic E-state index is 0.0500. The Morgan fingerprint density at radius 2 is 1.96 bits per heavy atom. The van der Waals surface area contributed by atoms with E-state index in [0.29, 0.717) is 38.6 Å². The van der Waals surface area contributed by atoms with Gasteiger partial charge in [0.25, 0.3) is 5.91 Å². The minimum Gasteiger partial charge on any atom is -0.464 e. The highest BCUT2D eigenvalue weighted by Crippen LogP contribution is 2.42. The van der Waals surface area contributed by atoms with Crippen LogP contribution in [0.15, 0.2) is 41.9 Å². The van der Waals surface area contributed by atoms with Crippen LogP contribution in [0.5, 0.6) is 0 Å². The molecule has 12 nitrogen and oxygen atoms in total. The topological polar surface area (TPSA) is 137 Å². The number of cyclic esters (lactones) is 1. The highest BCUT2D eigenvalue weighted by atomic mass is 32.1. The van der Waals surface area contributed by atoms with Gasteiger partial charge in [-0.25, -0.2) is 10.4 Å². The molecule has 55 heavy (non-hydrogen) atoms. The van der Waals surface area contributed by atoms with Gasteiger partial charge in [0.15, 0.2) is 0 Å². The number of hydrogen-bond donors (Lipinski definition) is 2. The molecule has 2 saturated heterocycles. The average molecular weight is 771 g/mol. The van der Waals surface area contributed by atoms with Crippen molar-refractivity contribution in [2.45, 2.75) is 117 Å². The monoisotopic (exact) mass is 770 g/mol. The number of ether oxygens (including phenoxy) is 3. The third kappa shape index (κ3) is 8.21. The molecule has 3 aromatic heterocycles. The molecule has 0 radical (unpaired) electrons. The number of hydrazine groups is 1. The zero-order chi connectivity index (χ0) is 39.0. The third-order valence-electron chi connectivity index (χ3n) is 11.2. The summed E-state index contributed by atoms with van der Waals surface area (Å²) in [5.74, 6) is -1.13. The molecule has 13 heteroatoms. The molecule has 1 unspecified atom stereocenters. The number of carbonyl (C=O) groups excluding carboxylic acids is 3. The van der Waals surface area contributed by atoms with Crippen molar-refractivity contribution in [3.63, 3.8) is 0 Å². The molecule has 3 aliphatic heterocycles. The van der Waals surface area contributed by atoms with Gasteiger partial charge < -0.3 is 24.1 Å². The maximum atomic E-state index is 14.3. The number of methoxy groups -OCH3 is 1. The Bertz CT molecular complexity index is 2050. The Kier molecular flexibility index (Phi) is 11.5. The first kappa shape index (κ1) is 39.1. The van der Waals surface area contributed by atoms with Gasteiger partial charge >= 0.3 is 5.97 Å². The van der Waals surface area contributed by atoms with E-state index in [-0.39, 0.29) is 49.1 Å². The molecule has 2 N–H and O–H groups in total. The predicted molar refractivity (Wildman–Crippen MR) is 212 cm³/mol. The number of aryl methyl sites for hydroxylation is 1. The van der Waals surface area contributed by atoms with Crippen LogP contribution in [0.1, 0.15) is 89.6 Å². The predicted octanol–water partition coefficient (Wildman–Crippen LogP) is 6.41. The van der Waals surface area contributed by atoms with Gasteiger partial charge in [0.2, 0.25) is 5.91 Å². The van der Waals surface area contributed by atoms with E-state index in [9.17, 15) is 14.4 Å². The summed E-state index contributed by atoms with van der Waals surface area (Å²) in [6, 6.07) is 8.97. The summed E-state index contributed by atoms with van der Waals surface area (Å²) in [7, 11) is 1.70. The number of thiazole rings is 1. The van der Waals surface area contributed by atoms with Crippen LogP contribution in [0.25, 0.3) is 33.4 Å². The zero-order valence-corrected chi connectivity index (χ0v) is 33.8. The number of aromatic nitrogens is 3. The van der Waals surface area contributed by atoms with E-state index < -0.39 is 23.5 Å². The van der Waals surface area contributed by atoms with Crippen LogP contribution in [0.3, 0.4) is 0 Å². The quantitative estimate of drug-likeness (QED) is 0.213. The number of amides is 2. The number of fused-ring (bicyclic) bond motifs is 6. The Morgan fingerprint density at radius 3 is 2.71 bits per heavy atom. The van der Waals surface area contributed by atoms with Crippen molar-refractivity contribution in [3.8, 4) is 22.5 Å². The molecular formula is C42H54N6O6S. The summed E-state index contributed by atoms with van der Waals surface area (Å²) in [5, 5.41) is 8.44. The number of nitrogens with one attached hydrogen (secondary N) is 2. The van der Waals surface area contributed by atoms with Crippen molar-refractivity contribution in [2.75, 3.05) is 20.3 Å². The lowest BCUT2D eigenvalue weighted by atomic mass is 9.84. The normalized spacial score (nSPS) is 25.3. The lowest BCUT2D eigenvalue weighted by Crippen LogP contribution is -2.61. The number of nitrogens with zero attached hydrogens (tertiary/aromatic N) is 4. The largest absolute Gasteiger partial charge is 0.464 e. The molecule has 0 saturated carbocycles. The Labute approximate surface area is 327 Å². The summed E-state index contributed by atoms with van der Waals surface area (Å²) in [6.07, 6.45) is 4.64. The van der Waals surface area contributed by atoms with Crippen molar-refractivity contribution in [3.05, 3.63) is 58.2 Å². The Balaban J connectivity index is 1.33. The number of rotatable bonds is 6. The molecule has 6 bridgehead atoms. The maximum Gasteiger partial charge on any atom is 0.324 e. The van der Waals surface area contributed by atoms with Crippen LogP contribution in [0.2, 0.25) is 0 Å². The van der Waals surface area contributed by atoms with Crippen molar-refractivity contribution in [1.82, 2.24) is 30.3 Å². The Hall–Kier alpha value is -4.17. The molecule has 4 aromatic rings. The highest BCUT2D eigenvalue weighted by molar-refractivity contribution is 7.10. The van der Waals surface area contributed by atoms with E-state index in [4.69, 9.17) is 24.2 Å². The van der Waals surface area contributed by atoms with Gasteiger partial charge in [0.05, 0.1) is 47.0 Å². The summed E-state index contributed by atoms with van der Waals surface area (Å²) < 4.78 is 20.1. The maximum absolute atomic E-state index is 14.3. The average Bonchev–Trinajstić information content (AvgIpc) is 3.77. The molecule has 0 spiro atoms. The molecule has 6 heterocycles. The second-order valence-electron chi connectivity index (χ2n) is 16.2. The van der Waals surface area contributed by atoms with E-state index >= 15 is 0 Å². The standard InChI is InChI=1S/C42H54N6O6S/c1-8-47-35-14-13-27-19-30(35)31(38(47)29-11-9-15-43-37(29)26(4)52-7)21-42(5,6)23-53-41(51)32-12-10-16-48(46-32)40(50)33(20-36-44-34(27)22-55-36)45-39(49)28-17-24(2)54-25(3)18-28/h9,11,13-15,19,22,24-26,28,32-33,46H,8,10,12,16-18,20-21,23H2,1-7H3,(H,45,49)/t24-,25+,26-,28?,32-,33-/m0/s1. The molecule has 294 valence electrons. The third-order valence-corrected chi connectivity index (χ3v) is 12.1. The van der Waals surface area contributed by atoms with Crippen LogP contribution >= 0.6 is 11.3 Å². The smallest absolute Gasteiger partial charge is 0.324 e. The van der Waals surface area contributed by atoms with Gasteiger partial charge in [-0.2, -0.15) is 0 Å². The number of pyridine rings is 1. The van der Waals surface area contributed by atoms with Gasteiger partial charge in [-0.05, 0) is 89.6 Å². The first-order valence-electron chi connectivity index (χ1n) is 19.6. The summed E-state index contributed by atoms with van der Waals surface area (Å²) >= 11 is 1.48. The van der Waals surface area contributed by atoms with Gasteiger partial charge in [-0.1, -0.05) is 19.9 Å². The fourth-order valence-electron chi connectivity index (χ4n) is 8.47. The zero-order valence-electron chi connectivity index (χ0n) is 33.0. The van der Waals surface area contributed by atoms with Crippen molar-refractivity contribution < 1.29 is 28.6 Å². The highest BCUT2D eigenvalue weighted by Gasteiger charge is 2.37. The van der Waals surface area contributed by atoms with Crippen molar-refractivity contribution in [2.24, 2.45) is 11.3 Å². The lowest BCUT2D eigenvalue weighted by Gasteiger charge is -2.36. The molecule has 0 aliphatic carbocycles. The van der Waals surface area contributed by atoms with E-state index in [1.165, 1.54) is 16.3 Å². The molecule has 1 aromatic carbocycles. The summed E-state index contributed by atoms with van der Waals surface area (Å²) in [4.78, 5) is 51.6. The van der Waals surface area contributed by atoms with Crippen LogP contribution in [0.4, 0.5) is 0 Å². The van der Waals surface area contributed by atoms with E-state index in [1.807, 2.05) is 32.2 Å². The van der Waals surface area contributed by atoms with Crippen LogP contribution < -0.4 is 10.7 Å². The van der Waals surface area contributed by atoms with Gasteiger partial charge in [0, 0.05) is 71.6 Å². The fourth-order valence-corrected chi connectivity index (χ4v) is 9.32. The second-order valence-corrected chi connectivity index (χ2v) is 17.1. The lowest BCUT2D eigenvalue weighted by molar-refractivity contribution is -0.155. The number of esters is 1. The van der Waals surface area contributed by atoms with Crippen LogP contribution in [-0.2, 0) is 48.0 Å². The number of carbonyl (C=O) groups is 3.